The van der Waals surface area contributed by atoms with Gasteiger partial charge in [0, 0.05) is 24.1 Å². The molecule has 0 rings (SSSR count). The van der Waals surface area contributed by atoms with Crippen molar-refractivity contribution < 1.29 is 28.6 Å². The first-order valence-corrected chi connectivity index (χ1v) is 10.5. The number of carbonyl (C=O) groups excluding carboxylic acids is 3. The summed E-state index contributed by atoms with van der Waals surface area (Å²) in [5.74, 6) is -0.242. The van der Waals surface area contributed by atoms with Gasteiger partial charge in [-0.05, 0) is 38.0 Å². The molecule has 0 aromatic heterocycles. The van der Waals surface area contributed by atoms with Gasteiger partial charge in [0.2, 0.25) is 0 Å². The zero-order valence-corrected chi connectivity index (χ0v) is 19.6. The van der Waals surface area contributed by atoms with E-state index in [-0.39, 0.29) is 30.6 Å². The van der Waals surface area contributed by atoms with Gasteiger partial charge in [0.1, 0.15) is 0 Å². The van der Waals surface area contributed by atoms with Crippen LogP contribution in [0.3, 0.4) is 0 Å². The fourth-order valence-electron chi connectivity index (χ4n) is 3.86. The van der Waals surface area contributed by atoms with Gasteiger partial charge in [-0.1, -0.05) is 41.2 Å². The van der Waals surface area contributed by atoms with E-state index in [9.17, 15) is 14.4 Å². The summed E-state index contributed by atoms with van der Waals surface area (Å²) in [4.78, 5) is 35.2. The van der Waals surface area contributed by atoms with Crippen molar-refractivity contribution in [1.82, 2.24) is 10.6 Å². The summed E-state index contributed by atoms with van der Waals surface area (Å²) in [5.41, 5.74) is -0.905. The molecule has 0 bridgehead atoms. The lowest BCUT2D eigenvalue weighted by molar-refractivity contribution is -0.142. The molecule has 2 unspecified atom stereocenters. The Labute approximate surface area is 181 Å². The molecule has 0 saturated carbocycles. The lowest BCUT2D eigenvalue weighted by atomic mass is 9.66. The van der Waals surface area contributed by atoms with Crippen LogP contribution in [0.25, 0.3) is 0 Å². The summed E-state index contributed by atoms with van der Waals surface area (Å²) < 4.78 is 15.2. The predicted octanol–water partition coefficient (Wildman–Crippen LogP) is 4.05. The quantitative estimate of drug-likeness (QED) is 0.261. The first-order chi connectivity index (χ1) is 13.9. The Hall–Kier alpha value is -2.25. The zero-order chi connectivity index (χ0) is 23.4. The molecule has 0 spiro atoms. The number of rotatable bonds is 13. The third-order valence-corrected chi connectivity index (χ3v) is 4.91. The second-order valence-electron chi connectivity index (χ2n) is 8.83. The van der Waals surface area contributed by atoms with E-state index in [1.807, 2.05) is 13.8 Å². The van der Waals surface area contributed by atoms with Crippen molar-refractivity contribution in [3.63, 3.8) is 0 Å². The Balaban J connectivity index is 5.22. The summed E-state index contributed by atoms with van der Waals surface area (Å²) in [6.07, 6.45) is 1.73. The molecule has 0 aliphatic carbocycles. The highest BCUT2D eigenvalue weighted by Crippen LogP contribution is 2.39. The van der Waals surface area contributed by atoms with Crippen molar-refractivity contribution >= 4 is 18.2 Å². The molecule has 2 amide bonds. The molecule has 2 N–H and O–H groups in total. The Bertz CT molecular complexity index is 574. The van der Waals surface area contributed by atoms with E-state index in [4.69, 9.17) is 14.2 Å². The fourth-order valence-corrected chi connectivity index (χ4v) is 3.86. The fraction of sp³-hybridized carbons (Fsp3) is 0.773. The topological polar surface area (TPSA) is 103 Å². The molecular formula is C22H40N2O6. The Kier molecular flexibility index (Phi) is 12.1. The van der Waals surface area contributed by atoms with Crippen molar-refractivity contribution in [3.8, 4) is 0 Å². The van der Waals surface area contributed by atoms with Gasteiger partial charge >= 0.3 is 18.2 Å². The highest BCUT2D eigenvalue weighted by Gasteiger charge is 2.43. The molecule has 174 valence electrons. The molecule has 8 heteroatoms. The van der Waals surface area contributed by atoms with Gasteiger partial charge in [-0.15, -0.1) is 0 Å². The number of hydrogen-bond acceptors (Lipinski definition) is 6. The Morgan fingerprint density at radius 1 is 0.967 bits per heavy atom. The highest BCUT2D eigenvalue weighted by atomic mass is 16.6. The molecular weight excluding hydrogens is 388 g/mol. The smallest absolute Gasteiger partial charge is 0.407 e. The predicted molar refractivity (Wildman–Crippen MR) is 116 cm³/mol. The zero-order valence-electron chi connectivity index (χ0n) is 19.6. The summed E-state index contributed by atoms with van der Waals surface area (Å²) in [6.45, 7) is 18.3. The van der Waals surface area contributed by atoms with Crippen molar-refractivity contribution in [1.29, 1.82) is 0 Å². The molecule has 0 heterocycles. The molecule has 0 aromatic carbocycles. The third kappa shape index (κ3) is 10.5. The minimum absolute atomic E-state index is 0.122. The number of alkyl carbamates (subject to hydrolysis) is 2. The number of hydrogen-bond donors (Lipinski definition) is 2. The number of amides is 2. The van der Waals surface area contributed by atoms with E-state index >= 15 is 0 Å². The van der Waals surface area contributed by atoms with Gasteiger partial charge < -0.3 is 24.8 Å². The molecule has 0 radical (unpaired) electrons. The van der Waals surface area contributed by atoms with Crippen LogP contribution in [0.2, 0.25) is 0 Å². The molecule has 0 aromatic rings. The second-order valence-corrected chi connectivity index (χ2v) is 8.83. The van der Waals surface area contributed by atoms with Crippen LogP contribution in [0.15, 0.2) is 12.7 Å². The average molecular weight is 429 g/mol. The van der Waals surface area contributed by atoms with E-state index in [0.29, 0.717) is 13.2 Å². The van der Waals surface area contributed by atoms with Crippen LogP contribution in [0.1, 0.15) is 61.3 Å². The van der Waals surface area contributed by atoms with Crippen molar-refractivity contribution in [2.75, 3.05) is 26.4 Å². The van der Waals surface area contributed by atoms with Crippen LogP contribution in [0.5, 0.6) is 0 Å². The van der Waals surface area contributed by atoms with Crippen LogP contribution < -0.4 is 10.6 Å². The maximum Gasteiger partial charge on any atom is 0.407 e. The van der Waals surface area contributed by atoms with Gasteiger partial charge in [0.05, 0.1) is 19.8 Å². The minimum atomic E-state index is -0.558. The third-order valence-electron chi connectivity index (χ3n) is 4.91. The van der Waals surface area contributed by atoms with E-state index in [0.717, 1.165) is 18.9 Å². The number of esters is 1. The first-order valence-electron chi connectivity index (χ1n) is 10.5. The van der Waals surface area contributed by atoms with Gasteiger partial charge in [0.15, 0.2) is 0 Å². The Morgan fingerprint density at radius 3 is 2.07 bits per heavy atom. The Morgan fingerprint density at radius 2 is 1.53 bits per heavy atom. The van der Waals surface area contributed by atoms with Gasteiger partial charge in [-0.2, -0.15) is 0 Å². The van der Waals surface area contributed by atoms with Crippen LogP contribution in [-0.4, -0.2) is 50.6 Å². The summed E-state index contributed by atoms with van der Waals surface area (Å²) in [7, 11) is 0. The molecule has 8 nitrogen and oxygen atoms in total. The second kappa shape index (κ2) is 13.1. The van der Waals surface area contributed by atoms with Crippen molar-refractivity contribution in [2.45, 2.75) is 67.3 Å². The van der Waals surface area contributed by atoms with Crippen LogP contribution in [0.4, 0.5) is 9.59 Å². The standard InChI is InChI=1S/C22H40N2O6/c1-9-17(25)30-15-22(7,8)18(24-20(27)29-11-3)21(5,6)14-16(4)12-13-23-19(26)28-10-2/h9,16,18H,1,10-15H2,2-8H3,(H,23,26)(H,24,27). The maximum atomic E-state index is 12.2. The first kappa shape index (κ1) is 27.8. The largest absolute Gasteiger partial charge is 0.462 e. The minimum Gasteiger partial charge on any atom is -0.462 e. The average Bonchev–Trinajstić information content (AvgIpc) is 2.64. The highest BCUT2D eigenvalue weighted by molar-refractivity contribution is 5.81. The van der Waals surface area contributed by atoms with Crippen LogP contribution in [0, 0.1) is 16.7 Å². The van der Waals surface area contributed by atoms with Crippen molar-refractivity contribution in [2.24, 2.45) is 16.7 Å². The van der Waals surface area contributed by atoms with E-state index in [2.05, 4.69) is 38.0 Å². The molecule has 0 aliphatic rings. The molecule has 0 fully saturated rings. The lowest BCUT2D eigenvalue weighted by Gasteiger charge is -2.45. The summed E-state index contributed by atoms with van der Waals surface area (Å²) >= 11 is 0. The van der Waals surface area contributed by atoms with Crippen LogP contribution in [-0.2, 0) is 19.0 Å². The lowest BCUT2D eigenvalue weighted by Crippen LogP contribution is -2.55. The molecule has 30 heavy (non-hydrogen) atoms. The van der Waals surface area contributed by atoms with E-state index < -0.39 is 23.6 Å². The number of carbonyl (C=O) groups is 3. The molecule has 0 saturated heterocycles. The van der Waals surface area contributed by atoms with Gasteiger partial charge in [0.25, 0.3) is 0 Å². The summed E-state index contributed by atoms with van der Waals surface area (Å²) in [5, 5.41) is 5.70. The molecule has 0 aliphatic heterocycles. The molecule has 2 atom stereocenters. The SMILES string of the molecule is C=CC(=O)OCC(C)(C)C(NC(=O)OCC)C(C)(C)CC(C)CCNC(=O)OCC. The van der Waals surface area contributed by atoms with E-state index in [1.54, 1.807) is 13.8 Å². The number of ether oxygens (including phenoxy) is 3. The van der Waals surface area contributed by atoms with Crippen molar-refractivity contribution in [3.05, 3.63) is 12.7 Å². The number of nitrogens with one attached hydrogen (secondary N) is 2. The van der Waals surface area contributed by atoms with Crippen LogP contribution >= 0.6 is 0 Å². The maximum absolute atomic E-state index is 12.2. The van der Waals surface area contributed by atoms with E-state index in [1.165, 1.54) is 0 Å². The van der Waals surface area contributed by atoms with Gasteiger partial charge in [-0.25, -0.2) is 14.4 Å². The summed E-state index contributed by atoms with van der Waals surface area (Å²) in [6, 6.07) is -0.331. The monoisotopic (exact) mass is 428 g/mol. The van der Waals surface area contributed by atoms with Gasteiger partial charge in [-0.3, -0.25) is 0 Å². The normalized spacial score (nSPS) is 13.6.